The Hall–Kier alpha value is -3.66. The molecule has 3 aromatic carbocycles. The van der Waals surface area contributed by atoms with Gasteiger partial charge in [-0.3, -0.25) is 0 Å². The first-order chi connectivity index (χ1) is 14.6. The summed E-state index contributed by atoms with van der Waals surface area (Å²) in [6.07, 6.45) is 1.86. The number of ether oxygens (including phenoxy) is 1. The standard InChI is InChI=1S/C26H24N2O2/c1-19(2)18-28-23-16-10-9-15-22(23)27-25(28)17-24(20-11-5-3-6-12-20)30-26(29)21-13-7-4-8-14-21/h3-17,19H,18H2,1-2H3. The van der Waals surface area contributed by atoms with Crippen LogP contribution in [-0.4, -0.2) is 15.5 Å². The van der Waals surface area contributed by atoms with E-state index in [4.69, 9.17) is 9.72 Å². The molecule has 0 fully saturated rings. The minimum Gasteiger partial charge on any atom is -0.422 e. The summed E-state index contributed by atoms with van der Waals surface area (Å²) >= 11 is 0. The van der Waals surface area contributed by atoms with Gasteiger partial charge in [0, 0.05) is 18.2 Å². The lowest BCUT2D eigenvalue weighted by atomic mass is 10.1. The van der Waals surface area contributed by atoms with Crippen molar-refractivity contribution < 1.29 is 9.53 Å². The third-order valence-corrected chi connectivity index (χ3v) is 4.76. The summed E-state index contributed by atoms with van der Waals surface area (Å²) in [6, 6.07) is 26.7. The number of hydrogen-bond acceptors (Lipinski definition) is 3. The Morgan fingerprint density at radius 1 is 0.900 bits per heavy atom. The summed E-state index contributed by atoms with van der Waals surface area (Å²) in [4.78, 5) is 17.6. The van der Waals surface area contributed by atoms with E-state index in [0.29, 0.717) is 17.2 Å². The van der Waals surface area contributed by atoms with Gasteiger partial charge in [0.2, 0.25) is 0 Å². The summed E-state index contributed by atoms with van der Waals surface area (Å²) in [5.41, 5.74) is 3.32. The first kappa shape index (κ1) is 19.6. The maximum atomic E-state index is 12.8. The fourth-order valence-electron chi connectivity index (χ4n) is 3.39. The molecule has 0 amide bonds. The SMILES string of the molecule is CC(C)Cn1c(C=C(OC(=O)c2ccccc2)c2ccccc2)nc2ccccc21. The van der Waals surface area contributed by atoms with Crippen LogP contribution in [0.25, 0.3) is 22.9 Å². The number of esters is 1. The molecule has 0 spiro atoms. The number of carbonyl (C=O) groups is 1. The zero-order chi connectivity index (χ0) is 20.9. The molecule has 4 rings (SSSR count). The predicted molar refractivity (Wildman–Crippen MR) is 121 cm³/mol. The summed E-state index contributed by atoms with van der Waals surface area (Å²) in [7, 11) is 0. The van der Waals surface area contributed by atoms with E-state index in [9.17, 15) is 4.79 Å². The van der Waals surface area contributed by atoms with Crippen molar-refractivity contribution in [2.75, 3.05) is 0 Å². The van der Waals surface area contributed by atoms with Gasteiger partial charge in [0.05, 0.1) is 16.6 Å². The van der Waals surface area contributed by atoms with Crippen LogP contribution in [0.4, 0.5) is 0 Å². The lowest BCUT2D eigenvalue weighted by Crippen LogP contribution is -2.08. The van der Waals surface area contributed by atoms with Gasteiger partial charge in [0.25, 0.3) is 0 Å². The quantitative estimate of drug-likeness (QED) is 0.294. The topological polar surface area (TPSA) is 44.1 Å². The van der Waals surface area contributed by atoms with Crippen LogP contribution in [0.1, 0.15) is 35.6 Å². The molecule has 0 aliphatic rings. The summed E-state index contributed by atoms with van der Waals surface area (Å²) in [5.74, 6) is 1.30. The molecule has 1 aromatic heterocycles. The molecule has 0 aliphatic carbocycles. The second-order valence-corrected chi connectivity index (χ2v) is 7.59. The van der Waals surface area contributed by atoms with E-state index < -0.39 is 5.97 Å². The van der Waals surface area contributed by atoms with Gasteiger partial charge < -0.3 is 9.30 Å². The van der Waals surface area contributed by atoms with Crippen molar-refractivity contribution in [1.82, 2.24) is 9.55 Å². The zero-order valence-corrected chi connectivity index (χ0v) is 17.2. The van der Waals surface area contributed by atoms with Gasteiger partial charge in [0.15, 0.2) is 0 Å². The number of imidazole rings is 1. The summed E-state index contributed by atoms with van der Waals surface area (Å²) < 4.78 is 8.03. The van der Waals surface area contributed by atoms with Gasteiger partial charge in [-0.2, -0.15) is 0 Å². The zero-order valence-electron chi connectivity index (χ0n) is 17.2. The first-order valence-corrected chi connectivity index (χ1v) is 10.1. The monoisotopic (exact) mass is 396 g/mol. The van der Waals surface area contributed by atoms with Crippen molar-refractivity contribution in [3.8, 4) is 0 Å². The summed E-state index contributed by atoms with van der Waals surface area (Å²) in [5, 5.41) is 0. The third kappa shape index (κ3) is 4.33. The maximum Gasteiger partial charge on any atom is 0.343 e. The predicted octanol–water partition coefficient (Wildman–Crippen LogP) is 6.05. The molecule has 0 aliphatic heterocycles. The first-order valence-electron chi connectivity index (χ1n) is 10.1. The molecule has 4 aromatic rings. The molecule has 0 radical (unpaired) electrons. The van der Waals surface area contributed by atoms with Crippen LogP contribution >= 0.6 is 0 Å². The van der Waals surface area contributed by atoms with Gasteiger partial charge in [0.1, 0.15) is 11.6 Å². The molecule has 30 heavy (non-hydrogen) atoms. The molecule has 1 heterocycles. The minimum absolute atomic E-state index is 0.391. The largest absolute Gasteiger partial charge is 0.422 e. The van der Waals surface area contributed by atoms with Gasteiger partial charge in [-0.1, -0.05) is 74.5 Å². The maximum absolute atomic E-state index is 12.8. The highest BCUT2D eigenvalue weighted by Gasteiger charge is 2.15. The smallest absolute Gasteiger partial charge is 0.343 e. The van der Waals surface area contributed by atoms with E-state index in [2.05, 4.69) is 24.5 Å². The van der Waals surface area contributed by atoms with Gasteiger partial charge in [-0.15, -0.1) is 0 Å². The number of carbonyl (C=O) groups excluding carboxylic acids is 1. The molecule has 0 N–H and O–H groups in total. The van der Waals surface area contributed by atoms with Gasteiger partial charge in [-0.25, -0.2) is 9.78 Å². The number of hydrogen-bond donors (Lipinski definition) is 0. The highest BCUT2D eigenvalue weighted by atomic mass is 16.5. The summed E-state index contributed by atoms with van der Waals surface area (Å²) in [6.45, 7) is 5.17. The van der Waals surface area contributed by atoms with Crippen LogP contribution in [0.15, 0.2) is 84.9 Å². The molecular weight excluding hydrogens is 372 g/mol. The second kappa shape index (κ2) is 8.78. The molecule has 4 nitrogen and oxygen atoms in total. The second-order valence-electron chi connectivity index (χ2n) is 7.59. The van der Waals surface area contributed by atoms with E-state index in [1.54, 1.807) is 12.1 Å². The van der Waals surface area contributed by atoms with Crippen LogP contribution in [0.3, 0.4) is 0 Å². The number of nitrogens with zero attached hydrogens (tertiary/aromatic N) is 2. The molecule has 0 saturated heterocycles. The van der Waals surface area contributed by atoms with E-state index in [0.717, 1.165) is 29.0 Å². The Morgan fingerprint density at radius 2 is 1.50 bits per heavy atom. The van der Waals surface area contributed by atoms with Crippen LogP contribution in [-0.2, 0) is 11.3 Å². The van der Waals surface area contributed by atoms with Crippen molar-refractivity contribution in [2.24, 2.45) is 5.92 Å². The molecule has 150 valence electrons. The van der Waals surface area contributed by atoms with Crippen LogP contribution in [0.2, 0.25) is 0 Å². The van der Waals surface area contributed by atoms with Crippen molar-refractivity contribution in [2.45, 2.75) is 20.4 Å². The average molecular weight is 396 g/mol. The normalized spacial score (nSPS) is 11.8. The van der Waals surface area contributed by atoms with Crippen LogP contribution in [0.5, 0.6) is 0 Å². The Balaban J connectivity index is 1.80. The third-order valence-electron chi connectivity index (χ3n) is 4.76. The van der Waals surface area contributed by atoms with Crippen molar-refractivity contribution in [3.05, 3.63) is 102 Å². The lowest BCUT2D eigenvalue weighted by molar-refractivity contribution is 0.0693. The van der Waals surface area contributed by atoms with E-state index >= 15 is 0 Å². The number of fused-ring (bicyclic) bond motifs is 1. The van der Waals surface area contributed by atoms with Crippen molar-refractivity contribution >= 4 is 28.8 Å². The average Bonchev–Trinajstić information content (AvgIpc) is 3.11. The fraction of sp³-hybridized carbons (Fsp3) is 0.154. The van der Waals surface area contributed by atoms with Crippen LogP contribution in [0, 0.1) is 5.92 Å². The number of rotatable bonds is 6. The van der Waals surface area contributed by atoms with Gasteiger partial charge >= 0.3 is 5.97 Å². The van der Waals surface area contributed by atoms with Crippen molar-refractivity contribution in [1.29, 1.82) is 0 Å². The van der Waals surface area contributed by atoms with E-state index in [-0.39, 0.29) is 0 Å². The Bertz CT molecular complexity index is 1180. The number of para-hydroxylation sites is 2. The molecule has 0 atom stereocenters. The van der Waals surface area contributed by atoms with Gasteiger partial charge in [-0.05, 0) is 30.2 Å². The number of aromatic nitrogens is 2. The Labute approximate surface area is 176 Å². The van der Waals surface area contributed by atoms with Crippen LogP contribution < -0.4 is 0 Å². The van der Waals surface area contributed by atoms with Crippen molar-refractivity contribution in [3.63, 3.8) is 0 Å². The minimum atomic E-state index is -0.391. The fourth-order valence-corrected chi connectivity index (χ4v) is 3.39. The molecule has 0 saturated carbocycles. The molecule has 0 bridgehead atoms. The number of benzene rings is 3. The Morgan fingerprint density at radius 3 is 2.17 bits per heavy atom. The molecule has 4 heteroatoms. The molecular formula is C26H24N2O2. The van der Waals surface area contributed by atoms with E-state index in [1.807, 2.05) is 72.8 Å². The lowest BCUT2D eigenvalue weighted by Gasteiger charge is -2.12. The highest BCUT2D eigenvalue weighted by Crippen LogP contribution is 2.24. The Kier molecular flexibility index (Phi) is 5.75. The molecule has 0 unspecified atom stereocenters. The van der Waals surface area contributed by atoms with E-state index in [1.165, 1.54) is 0 Å². The highest BCUT2D eigenvalue weighted by molar-refractivity contribution is 5.95.